The third-order valence-electron chi connectivity index (χ3n) is 5.15. The Hall–Kier alpha value is -3.00. The van der Waals surface area contributed by atoms with E-state index in [9.17, 15) is 18.8 Å². The zero-order valence-corrected chi connectivity index (χ0v) is 17.2. The highest BCUT2D eigenvalue weighted by molar-refractivity contribution is 6.31. The standard InChI is InChI=1S/C21H19ClFN3O4/c1-3-30-20(28)14-9-16(11-4-5-11)24-18-17(14)19(27)26(21(29)25(18)2)10-12-6-7-13(23)8-15(12)22/h6-9,11H,3-5,10H2,1-2H3. The summed E-state index contributed by atoms with van der Waals surface area (Å²) in [5.41, 5.74) is 0.00731. The Morgan fingerprint density at radius 3 is 2.67 bits per heavy atom. The van der Waals surface area contributed by atoms with E-state index < -0.39 is 23.0 Å². The van der Waals surface area contributed by atoms with Crippen molar-refractivity contribution in [1.29, 1.82) is 0 Å². The molecule has 0 aliphatic heterocycles. The van der Waals surface area contributed by atoms with Crippen molar-refractivity contribution in [3.63, 3.8) is 0 Å². The van der Waals surface area contributed by atoms with Gasteiger partial charge in [-0.05, 0) is 43.5 Å². The Morgan fingerprint density at radius 2 is 2.03 bits per heavy atom. The van der Waals surface area contributed by atoms with E-state index in [2.05, 4.69) is 4.98 Å². The van der Waals surface area contributed by atoms with Gasteiger partial charge in [0.2, 0.25) is 0 Å². The number of nitrogens with zero attached hydrogens (tertiary/aromatic N) is 3. The number of carbonyl (C=O) groups is 1. The van der Waals surface area contributed by atoms with Crippen molar-refractivity contribution in [2.24, 2.45) is 7.05 Å². The minimum Gasteiger partial charge on any atom is -0.462 e. The molecular formula is C21H19ClFN3O4. The lowest BCUT2D eigenvalue weighted by molar-refractivity contribution is 0.0528. The van der Waals surface area contributed by atoms with Crippen molar-refractivity contribution < 1.29 is 13.9 Å². The van der Waals surface area contributed by atoms with E-state index in [1.807, 2.05) is 0 Å². The fourth-order valence-electron chi connectivity index (χ4n) is 3.42. The lowest BCUT2D eigenvalue weighted by Crippen LogP contribution is -2.40. The molecule has 1 aromatic carbocycles. The summed E-state index contributed by atoms with van der Waals surface area (Å²) in [7, 11) is 1.49. The minimum absolute atomic E-state index is 0.0122. The van der Waals surface area contributed by atoms with Crippen molar-refractivity contribution in [3.8, 4) is 0 Å². The second-order valence-corrected chi connectivity index (χ2v) is 7.66. The highest BCUT2D eigenvalue weighted by Crippen LogP contribution is 2.40. The van der Waals surface area contributed by atoms with Crippen LogP contribution in [0.15, 0.2) is 33.9 Å². The minimum atomic E-state index is -0.675. The molecule has 1 saturated carbocycles. The van der Waals surface area contributed by atoms with E-state index in [0.29, 0.717) is 11.3 Å². The van der Waals surface area contributed by atoms with Gasteiger partial charge in [-0.1, -0.05) is 17.7 Å². The van der Waals surface area contributed by atoms with Crippen LogP contribution in [-0.4, -0.2) is 26.7 Å². The van der Waals surface area contributed by atoms with Gasteiger partial charge in [-0.2, -0.15) is 0 Å². The van der Waals surface area contributed by atoms with Crippen molar-refractivity contribution in [2.75, 3.05) is 6.61 Å². The topological polar surface area (TPSA) is 83.2 Å². The van der Waals surface area contributed by atoms with Crippen LogP contribution < -0.4 is 11.2 Å². The Balaban J connectivity index is 1.98. The first-order valence-corrected chi connectivity index (χ1v) is 9.95. The quantitative estimate of drug-likeness (QED) is 0.580. The summed E-state index contributed by atoms with van der Waals surface area (Å²) in [6.07, 6.45) is 1.88. The molecule has 156 valence electrons. The number of pyridine rings is 1. The molecule has 0 atom stereocenters. The summed E-state index contributed by atoms with van der Waals surface area (Å²) in [6.45, 7) is 1.65. The Morgan fingerprint density at radius 1 is 1.30 bits per heavy atom. The number of carbonyl (C=O) groups excluding carboxylic acids is 1. The number of aryl methyl sites for hydroxylation is 1. The molecule has 2 aromatic heterocycles. The van der Waals surface area contributed by atoms with Gasteiger partial charge >= 0.3 is 11.7 Å². The molecule has 0 radical (unpaired) electrons. The van der Waals surface area contributed by atoms with Gasteiger partial charge < -0.3 is 4.74 Å². The fraction of sp³-hybridized carbons (Fsp3) is 0.333. The smallest absolute Gasteiger partial charge is 0.339 e. The average Bonchev–Trinajstić information content (AvgIpc) is 3.55. The highest BCUT2D eigenvalue weighted by Gasteiger charge is 2.29. The maximum atomic E-state index is 13.4. The number of halogens is 2. The Labute approximate surface area is 175 Å². The van der Waals surface area contributed by atoms with E-state index >= 15 is 0 Å². The van der Waals surface area contributed by atoms with E-state index in [1.54, 1.807) is 13.0 Å². The number of aromatic nitrogens is 3. The van der Waals surface area contributed by atoms with Crippen LogP contribution >= 0.6 is 11.6 Å². The zero-order chi connectivity index (χ0) is 21.6. The summed E-state index contributed by atoms with van der Waals surface area (Å²) >= 11 is 6.08. The molecule has 0 unspecified atom stereocenters. The summed E-state index contributed by atoms with van der Waals surface area (Å²) in [5.74, 6) is -0.962. The van der Waals surface area contributed by atoms with Gasteiger partial charge in [-0.15, -0.1) is 0 Å². The monoisotopic (exact) mass is 431 g/mol. The van der Waals surface area contributed by atoms with Crippen LogP contribution in [0.5, 0.6) is 0 Å². The molecule has 1 aliphatic rings. The average molecular weight is 432 g/mol. The first-order valence-electron chi connectivity index (χ1n) is 9.57. The molecule has 1 aliphatic carbocycles. The summed E-state index contributed by atoms with van der Waals surface area (Å²) in [6, 6.07) is 5.31. The zero-order valence-electron chi connectivity index (χ0n) is 16.4. The Bertz CT molecular complexity index is 1290. The molecule has 7 nitrogen and oxygen atoms in total. The highest BCUT2D eigenvalue weighted by atomic mass is 35.5. The molecule has 0 spiro atoms. The van der Waals surface area contributed by atoms with Gasteiger partial charge in [-0.25, -0.2) is 19.0 Å². The maximum Gasteiger partial charge on any atom is 0.339 e. The summed E-state index contributed by atoms with van der Waals surface area (Å²) in [4.78, 5) is 43.4. The lowest BCUT2D eigenvalue weighted by atomic mass is 10.1. The van der Waals surface area contributed by atoms with Crippen molar-refractivity contribution >= 4 is 28.6 Å². The second kappa shape index (κ2) is 7.68. The largest absolute Gasteiger partial charge is 0.462 e. The fourth-order valence-corrected chi connectivity index (χ4v) is 3.64. The number of ether oxygens (including phenoxy) is 1. The van der Waals surface area contributed by atoms with E-state index in [1.165, 1.54) is 23.7 Å². The normalized spacial score (nSPS) is 13.6. The van der Waals surface area contributed by atoms with Gasteiger partial charge in [0.25, 0.3) is 5.56 Å². The number of benzene rings is 1. The van der Waals surface area contributed by atoms with E-state index in [4.69, 9.17) is 16.3 Å². The molecule has 1 fully saturated rings. The third-order valence-corrected chi connectivity index (χ3v) is 5.50. The van der Waals surface area contributed by atoms with Gasteiger partial charge in [0.05, 0.1) is 24.1 Å². The van der Waals surface area contributed by atoms with Crippen LogP contribution in [0.2, 0.25) is 5.02 Å². The predicted octanol–water partition coefficient (Wildman–Crippen LogP) is 2.99. The summed E-state index contributed by atoms with van der Waals surface area (Å²) < 4.78 is 20.7. The molecule has 30 heavy (non-hydrogen) atoms. The molecular weight excluding hydrogens is 413 g/mol. The number of hydrogen-bond donors (Lipinski definition) is 0. The van der Waals surface area contributed by atoms with Crippen LogP contribution in [0.25, 0.3) is 11.0 Å². The molecule has 2 heterocycles. The molecule has 4 rings (SSSR count). The van der Waals surface area contributed by atoms with Crippen molar-refractivity contribution in [3.05, 3.63) is 72.8 Å². The molecule has 0 saturated heterocycles. The molecule has 9 heteroatoms. The van der Waals surface area contributed by atoms with E-state index in [-0.39, 0.29) is 40.7 Å². The first-order chi connectivity index (χ1) is 14.3. The number of fused-ring (bicyclic) bond motifs is 1. The summed E-state index contributed by atoms with van der Waals surface area (Å²) in [5, 5.41) is 0.107. The van der Waals surface area contributed by atoms with Gasteiger partial charge in [0.1, 0.15) is 11.5 Å². The van der Waals surface area contributed by atoms with Crippen LogP contribution in [-0.2, 0) is 18.3 Å². The molecule has 0 N–H and O–H groups in total. The maximum absolute atomic E-state index is 13.4. The van der Waals surface area contributed by atoms with Crippen LogP contribution in [0.1, 0.15) is 47.3 Å². The third kappa shape index (κ3) is 3.52. The first kappa shape index (κ1) is 20.3. The second-order valence-electron chi connectivity index (χ2n) is 7.26. The van der Waals surface area contributed by atoms with Crippen molar-refractivity contribution in [2.45, 2.75) is 32.2 Å². The Kier molecular flexibility index (Phi) is 5.19. The number of hydrogen-bond acceptors (Lipinski definition) is 5. The molecule has 3 aromatic rings. The van der Waals surface area contributed by atoms with Crippen LogP contribution in [0.3, 0.4) is 0 Å². The lowest BCUT2D eigenvalue weighted by Gasteiger charge is -2.14. The van der Waals surface area contributed by atoms with Crippen LogP contribution in [0, 0.1) is 5.82 Å². The predicted molar refractivity (Wildman–Crippen MR) is 110 cm³/mol. The van der Waals surface area contributed by atoms with Gasteiger partial charge in [0, 0.05) is 23.7 Å². The molecule has 0 amide bonds. The van der Waals surface area contributed by atoms with Gasteiger partial charge in [-0.3, -0.25) is 13.9 Å². The van der Waals surface area contributed by atoms with Crippen LogP contribution in [0.4, 0.5) is 4.39 Å². The number of esters is 1. The SMILES string of the molecule is CCOC(=O)c1cc(C2CC2)nc2c1c(=O)n(Cc1ccc(F)cc1Cl)c(=O)n2C. The van der Waals surface area contributed by atoms with Crippen molar-refractivity contribution in [1.82, 2.24) is 14.1 Å². The van der Waals surface area contributed by atoms with Gasteiger partial charge in [0.15, 0.2) is 0 Å². The molecule has 0 bridgehead atoms. The number of rotatable bonds is 5. The van der Waals surface area contributed by atoms with E-state index in [0.717, 1.165) is 23.5 Å².